The molecule has 3 atom stereocenters. The van der Waals surface area contributed by atoms with Gasteiger partial charge in [0, 0.05) is 5.57 Å². The van der Waals surface area contributed by atoms with Gasteiger partial charge in [-0.15, -0.1) is 11.8 Å². The number of primary amides is 1. The predicted octanol–water partition coefficient (Wildman–Crippen LogP) is -0.538. The molecule has 0 aromatic carbocycles. The fourth-order valence-corrected chi connectivity index (χ4v) is 4.10. The molecule has 154 valence electrons. The van der Waals surface area contributed by atoms with Gasteiger partial charge in [-0.1, -0.05) is 5.16 Å². The number of nitrogens with one attached hydrogen (secondary N) is 1. The van der Waals surface area contributed by atoms with Crippen LogP contribution in [0.3, 0.4) is 0 Å². The van der Waals surface area contributed by atoms with E-state index in [4.69, 9.17) is 10.2 Å². The highest BCUT2D eigenvalue weighted by Crippen LogP contribution is 2.40. The van der Waals surface area contributed by atoms with E-state index in [1.807, 2.05) is 0 Å². The van der Waals surface area contributed by atoms with Gasteiger partial charge in [0.2, 0.25) is 11.6 Å². The highest BCUT2D eigenvalue weighted by molar-refractivity contribution is 8.02. The number of amides is 3. The summed E-state index contributed by atoms with van der Waals surface area (Å²) in [7, 11) is 1.25. The molecule has 2 aliphatic rings. The number of aliphatic carboxylic acids is 1. The lowest BCUT2D eigenvalue weighted by Crippen LogP contribution is -2.74. The number of ether oxygens (including phenoxy) is 1. The van der Waals surface area contributed by atoms with Crippen molar-refractivity contribution in [2.24, 2.45) is 10.9 Å². The minimum atomic E-state index is -1.33. The van der Waals surface area contributed by atoms with E-state index in [-0.39, 0.29) is 23.7 Å². The Morgan fingerprint density at radius 3 is 2.79 bits per heavy atom. The van der Waals surface area contributed by atoms with Crippen LogP contribution in [0, 0.1) is 0 Å². The number of carbonyl (C=O) groups excluding carboxylic acids is 3. The second-order valence-corrected chi connectivity index (χ2v) is 6.86. The summed E-state index contributed by atoms with van der Waals surface area (Å²) in [5.41, 5.74) is 4.92. The average molecular weight is 424 g/mol. The zero-order valence-corrected chi connectivity index (χ0v) is 15.8. The van der Waals surface area contributed by atoms with E-state index in [0.717, 1.165) is 16.7 Å². The maximum atomic E-state index is 12.6. The third-order valence-corrected chi connectivity index (χ3v) is 5.34. The fraction of sp³-hybridized carbons (Fsp3) is 0.312. The van der Waals surface area contributed by atoms with Crippen molar-refractivity contribution in [3.63, 3.8) is 0 Å². The molecule has 1 fully saturated rings. The largest absolute Gasteiger partial charge is 0.479 e. The number of oxime groups is 1. The van der Waals surface area contributed by atoms with Crippen LogP contribution in [0.15, 0.2) is 38.9 Å². The van der Waals surface area contributed by atoms with E-state index in [9.17, 15) is 24.3 Å². The number of nitrogens with zero attached hydrogens (tertiary/aromatic N) is 2. The van der Waals surface area contributed by atoms with Gasteiger partial charge in [0.1, 0.15) is 25.1 Å². The molecular weight excluding hydrogens is 408 g/mol. The third-order valence-electron chi connectivity index (χ3n) is 4.12. The Morgan fingerprint density at radius 2 is 2.21 bits per heavy atom. The quantitative estimate of drug-likeness (QED) is 0.295. The van der Waals surface area contributed by atoms with Crippen LogP contribution < -0.4 is 11.1 Å². The number of β-lactam (4-membered cyclic amide) rings is 1. The van der Waals surface area contributed by atoms with Gasteiger partial charge in [0.25, 0.3) is 5.91 Å². The number of carboxylic acid groups (broad SMARTS) is 1. The number of nitrogens with two attached hydrogens (primary N) is 1. The number of carboxylic acids is 1. The Morgan fingerprint density at radius 1 is 1.45 bits per heavy atom. The summed E-state index contributed by atoms with van der Waals surface area (Å²) in [5.74, 6) is -2.49. The van der Waals surface area contributed by atoms with Gasteiger partial charge in [-0.2, -0.15) is 0 Å². The highest BCUT2D eigenvalue weighted by Gasteiger charge is 2.56. The van der Waals surface area contributed by atoms with Crippen LogP contribution in [0.1, 0.15) is 5.76 Å². The van der Waals surface area contributed by atoms with Crippen LogP contribution in [0.4, 0.5) is 4.79 Å². The lowest BCUT2D eigenvalue weighted by Gasteiger charge is -2.51. The number of hydrogen-bond donors (Lipinski definition) is 3. The molecule has 29 heavy (non-hydrogen) atoms. The van der Waals surface area contributed by atoms with E-state index in [0.29, 0.717) is 0 Å². The summed E-state index contributed by atoms with van der Waals surface area (Å²) in [6.45, 7) is -0.365. The molecule has 4 N–H and O–H groups in total. The molecule has 2 aliphatic heterocycles. The minimum Gasteiger partial charge on any atom is -0.479 e. The minimum absolute atomic E-state index is 0.137. The van der Waals surface area contributed by atoms with Gasteiger partial charge in [-0.05, 0) is 17.5 Å². The monoisotopic (exact) mass is 424 g/mol. The molecule has 0 bridgehead atoms. The molecule has 1 saturated heterocycles. The van der Waals surface area contributed by atoms with Crippen LogP contribution in [0.25, 0.3) is 0 Å². The number of rotatable bonds is 7. The highest BCUT2D eigenvalue weighted by atomic mass is 32.2. The first-order chi connectivity index (χ1) is 13.8. The average Bonchev–Trinajstić information content (AvgIpc) is 3.21. The van der Waals surface area contributed by atoms with Crippen LogP contribution in [-0.4, -0.2) is 70.8 Å². The van der Waals surface area contributed by atoms with Crippen molar-refractivity contribution in [1.82, 2.24) is 10.2 Å². The van der Waals surface area contributed by atoms with E-state index in [2.05, 4.69) is 20.0 Å². The molecule has 0 radical (unpaired) electrons. The summed E-state index contributed by atoms with van der Waals surface area (Å²) in [5, 5.41) is 16.5. The standard InChI is InChI=1S/C16H16N4O8S/c1-26-19-9(8-3-2-4-27-8)12(21)18-10-13(22)20-11(15(23)24)7(5-28-16(17)25)6-29-14(10)20/h2-4,6,10-11,14H,5H2,1H3,(H2,17,25)(H,18,21)(H,23,24)/b19-9-/t10-,11-,14-/m1/s1. The Labute approximate surface area is 167 Å². The molecule has 0 saturated carbocycles. The molecular formula is C16H16N4O8S. The molecule has 0 spiro atoms. The molecule has 0 unspecified atom stereocenters. The van der Waals surface area contributed by atoms with Gasteiger partial charge in [0.15, 0.2) is 11.8 Å². The molecule has 3 amide bonds. The van der Waals surface area contributed by atoms with Crippen molar-refractivity contribution in [2.75, 3.05) is 13.7 Å². The molecule has 3 rings (SSSR count). The van der Waals surface area contributed by atoms with Crippen molar-refractivity contribution in [1.29, 1.82) is 0 Å². The topological polar surface area (TPSA) is 174 Å². The number of fused-ring (bicyclic) bond motifs is 1. The first kappa shape index (κ1) is 20.3. The maximum absolute atomic E-state index is 12.6. The van der Waals surface area contributed by atoms with Crippen molar-refractivity contribution in [3.05, 3.63) is 35.1 Å². The first-order valence-electron chi connectivity index (χ1n) is 8.12. The second kappa shape index (κ2) is 8.26. The Balaban J connectivity index is 1.75. The number of carbonyl (C=O) groups is 4. The van der Waals surface area contributed by atoms with Gasteiger partial charge in [-0.25, -0.2) is 9.59 Å². The van der Waals surface area contributed by atoms with E-state index in [1.165, 1.54) is 24.8 Å². The van der Waals surface area contributed by atoms with E-state index < -0.39 is 41.3 Å². The number of thioether (sulfide) groups is 1. The smallest absolute Gasteiger partial charge is 0.404 e. The van der Waals surface area contributed by atoms with Crippen molar-refractivity contribution in [3.8, 4) is 0 Å². The van der Waals surface area contributed by atoms with Crippen LogP contribution in [-0.2, 0) is 24.0 Å². The predicted molar refractivity (Wildman–Crippen MR) is 97.5 cm³/mol. The SMILES string of the molecule is CO/N=C(\C(=O)N[C@@H]1C(=O)N2[C@@H](C(=O)O)C(COC(N)=O)=CS[C@H]12)c1ccco1. The van der Waals surface area contributed by atoms with Crippen LogP contribution in [0.5, 0.6) is 0 Å². The Bertz CT molecular complexity index is 897. The van der Waals surface area contributed by atoms with Gasteiger partial charge >= 0.3 is 12.1 Å². The number of furan rings is 1. The summed E-state index contributed by atoms with van der Waals surface area (Å²) >= 11 is 1.11. The Hall–Kier alpha value is -3.48. The lowest BCUT2D eigenvalue weighted by molar-refractivity contribution is -0.160. The normalized spacial score (nSPS) is 23.4. The van der Waals surface area contributed by atoms with Crippen LogP contribution in [0.2, 0.25) is 0 Å². The summed E-state index contributed by atoms with van der Waals surface area (Å²) in [4.78, 5) is 53.3. The molecule has 3 heterocycles. The fourth-order valence-electron chi connectivity index (χ4n) is 2.90. The Kier molecular flexibility index (Phi) is 5.77. The van der Waals surface area contributed by atoms with Gasteiger partial charge in [-0.3, -0.25) is 9.59 Å². The zero-order valence-electron chi connectivity index (χ0n) is 14.9. The van der Waals surface area contributed by atoms with Gasteiger partial charge < -0.3 is 35.0 Å². The lowest BCUT2D eigenvalue weighted by atomic mass is 9.98. The second-order valence-electron chi connectivity index (χ2n) is 5.86. The molecule has 12 nitrogen and oxygen atoms in total. The molecule has 0 aliphatic carbocycles. The summed E-state index contributed by atoms with van der Waals surface area (Å²) in [6.07, 6.45) is 0.281. The maximum Gasteiger partial charge on any atom is 0.404 e. The summed E-state index contributed by atoms with van der Waals surface area (Å²) in [6, 6.07) is 0.731. The van der Waals surface area contributed by atoms with Crippen LogP contribution >= 0.6 is 11.8 Å². The van der Waals surface area contributed by atoms with Crippen molar-refractivity contribution < 1.29 is 38.3 Å². The van der Waals surface area contributed by atoms with Gasteiger partial charge in [0.05, 0.1) is 6.26 Å². The first-order valence-corrected chi connectivity index (χ1v) is 9.07. The molecule has 13 heteroatoms. The van der Waals surface area contributed by atoms with Crippen molar-refractivity contribution >= 4 is 41.4 Å². The number of hydrogen-bond acceptors (Lipinski definition) is 9. The van der Waals surface area contributed by atoms with Crippen molar-refractivity contribution in [2.45, 2.75) is 17.5 Å². The zero-order chi connectivity index (χ0) is 21.1. The van der Waals surface area contributed by atoms with E-state index in [1.54, 1.807) is 6.07 Å². The molecule has 1 aromatic heterocycles. The third kappa shape index (κ3) is 3.89. The summed E-state index contributed by atoms with van der Waals surface area (Å²) < 4.78 is 9.78. The molecule has 1 aromatic rings. The van der Waals surface area contributed by atoms with E-state index >= 15 is 0 Å².